The van der Waals surface area contributed by atoms with Crippen LogP contribution in [0, 0.1) is 5.95 Å². The van der Waals surface area contributed by atoms with Crippen LogP contribution in [0.4, 0.5) is 4.39 Å². The Balaban J connectivity index is 1.83. The van der Waals surface area contributed by atoms with E-state index in [1.165, 1.54) is 17.2 Å². The average molecular weight is 309 g/mol. The van der Waals surface area contributed by atoms with Gasteiger partial charge in [-0.2, -0.15) is 4.39 Å². The maximum Gasteiger partial charge on any atom is 0.255 e. The maximum atomic E-state index is 12.7. The molecule has 6 heteroatoms. The fraction of sp³-hybridized carbons (Fsp3) is 0.200. The highest BCUT2D eigenvalue weighted by Gasteiger charge is 2.12. The van der Waals surface area contributed by atoms with Crippen LogP contribution in [0.1, 0.15) is 10.4 Å². The van der Waals surface area contributed by atoms with E-state index in [-0.39, 0.29) is 5.91 Å². The summed E-state index contributed by atoms with van der Waals surface area (Å²) in [6.45, 7) is 0.747. The minimum atomic E-state index is -0.611. The second kappa shape index (κ2) is 7.04. The van der Waals surface area contributed by atoms with Gasteiger partial charge in [0.25, 0.3) is 5.91 Å². The first-order valence-corrected chi connectivity index (χ1v) is 6.69. The zero-order chi connectivity index (χ0) is 15.2. The number of benzene rings is 1. The lowest BCUT2D eigenvalue weighted by Crippen LogP contribution is -2.31. The van der Waals surface area contributed by atoms with Gasteiger partial charge in [0.05, 0.1) is 12.1 Å². The molecule has 0 bridgehead atoms. The van der Waals surface area contributed by atoms with E-state index < -0.39 is 5.95 Å². The zero-order valence-corrected chi connectivity index (χ0v) is 12.2. The van der Waals surface area contributed by atoms with Gasteiger partial charge in [-0.1, -0.05) is 11.6 Å². The third-order valence-corrected chi connectivity index (χ3v) is 3.08. The molecule has 1 aromatic carbocycles. The van der Waals surface area contributed by atoms with Crippen LogP contribution in [0.3, 0.4) is 0 Å². The summed E-state index contributed by atoms with van der Waals surface area (Å²) in [6, 6.07) is 9.54. The van der Waals surface area contributed by atoms with Crippen molar-refractivity contribution in [3.05, 3.63) is 59.1 Å². The van der Waals surface area contributed by atoms with E-state index in [4.69, 9.17) is 16.3 Å². The molecule has 1 heterocycles. The fourth-order valence-electron chi connectivity index (χ4n) is 1.66. The van der Waals surface area contributed by atoms with Crippen LogP contribution in [0.2, 0.25) is 5.02 Å². The number of carbonyl (C=O) groups is 1. The van der Waals surface area contributed by atoms with Crippen LogP contribution in [0.25, 0.3) is 0 Å². The molecule has 0 aliphatic heterocycles. The predicted octanol–water partition coefficient (Wildman–Crippen LogP) is 3.03. The Bertz CT molecular complexity index is 602. The number of halogens is 2. The summed E-state index contributed by atoms with van der Waals surface area (Å²) in [6.07, 6.45) is 1.22. The first kappa shape index (κ1) is 15.3. The molecule has 0 spiro atoms. The summed E-state index contributed by atoms with van der Waals surface area (Å²) < 4.78 is 18.2. The number of aromatic nitrogens is 1. The number of pyridine rings is 1. The standard InChI is InChI=1S/C15H14ClFN2O2/c1-19(15(20)11-2-7-14(17)18-10-11)8-9-21-13-5-3-12(16)4-6-13/h2-7,10H,8-9H2,1H3. The van der Waals surface area contributed by atoms with Gasteiger partial charge in [-0.25, -0.2) is 4.98 Å². The highest BCUT2D eigenvalue weighted by Crippen LogP contribution is 2.15. The van der Waals surface area contributed by atoms with E-state index in [0.29, 0.717) is 29.5 Å². The van der Waals surface area contributed by atoms with Gasteiger partial charge in [0.2, 0.25) is 5.95 Å². The molecule has 110 valence electrons. The lowest BCUT2D eigenvalue weighted by molar-refractivity contribution is 0.0773. The Morgan fingerprint density at radius 1 is 1.29 bits per heavy atom. The molecule has 0 aliphatic carbocycles. The third kappa shape index (κ3) is 4.43. The topological polar surface area (TPSA) is 42.4 Å². The summed E-state index contributed by atoms with van der Waals surface area (Å²) in [5, 5.41) is 0.637. The van der Waals surface area contributed by atoms with Gasteiger partial charge in [-0.15, -0.1) is 0 Å². The Kier molecular flexibility index (Phi) is 5.11. The molecular formula is C15H14ClFN2O2. The van der Waals surface area contributed by atoms with Crippen LogP contribution in [0.5, 0.6) is 5.75 Å². The zero-order valence-electron chi connectivity index (χ0n) is 11.4. The first-order valence-electron chi connectivity index (χ1n) is 6.31. The molecule has 0 N–H and O–H groups in total. The van der Waals surface area contributed by atoms with Crippen molar-refractivity contribution in [3.8, 4) is 5.75 Å². The largest absolute Gasteiger partial charge is 0.492 e. The highest BCUT2D eigenvalue weighted by molar-refractivity contribution is 6.30. The van der Waals surface area contributed by atoms with Crippen molar-refractivity contribution in [1.82, 2.24) is 9.88 Å². The molecule has 2 aromatic rings. The Hall–Kier alpha value is -2.14. The van der Waals surface area contributed by atoms with Crippen LogP contribution >= 0.6 is 11.6 Å². The lowest BCUT2D eigenvalue weighted by atomic mass is 10.2. The molecule has 4 nitrogen and oxygen atoms in total. The molecule has 0 atom stereocenters. The van der Waals surface area contributed by atoms with Gasteiger partial charge in [0, 0.05) is 18.3 Å². The molecule has 21 heavy (non-hydrogen) atoms. The Morgan fingerprint density at radius 3 is 2.62 bits per heavy atom. The summed E-state index contributed by atoms with van der Waals surface area (Å²) in [4.78, 5) is 17.0. The highest BCUT2D eigenvalue weighted by atomic mass is 35.5. The number of carbonyl (C=O) groups excluding carboxylic acids is 1. The summed E-state index contributed by atoms with van der Waals surface area (Å²) in [5.41, 5.74) is 0.338. The molecule has 0 saturated carbocycles. The molecule has 0 aliphatic rings. The van der Waals surface area contributed by atoms with Gasteiger partial charge in [-0.3, -0.25) is 4.79 Å². The van der Waals surface area contributed by atoms with E-state index in [2.05, 4.69) is 4.98 Å². The number of rotatable bonds is 5. The smallest absolute Gasteiger partial charge is 0.255 e. The molecule has 1 amide bonds. The second-order valence-corrected chi connectivity index (χ2v) is 4.84. The molecule has 0 fully saturated rings. The van der Waals surface area contributed by atoms with Crippen LogP contribution < -0.4 is 4.74 Å². The quantitative estimate of drug-likeness (QED) is 0.797. The number of hydrogen-bond donors (Lipinski definition) is 0. The Labute approximate surface area is 127 Å². The normalized spacial score (nSPS) is 10.2. The van der Waals surface area contributed by atoms with E-state index in [1.54, 1.807) is 31.3 Å². The third-order valence-electron chi connectivity index (χ3n) is 2.83. The molecule has 1 aromatic heterocycles. The molecular weight excluding hydrogens is 295 g/mol. The minimum Gasteiger partial charge on any atom is -0.492 e. The second-order valence-electron chi connectivity index (χ2n) is 4.40. The van der Waals surface area contributed by atoms with Gasteiger partial charge in [0.15, 0.2) is 0 Å². The van der Waals surface area contributed by atoms with Crippen molar-refractivity contribution in [2.45, 2.75) is 0 Å². The van der Waals surface area contributed by atoms with Gasteiger partial charge in [-0.05, 0) is 36.4 Å². The Morgan fingerprint density at radius 2 is 2.00 bits per heavy atom. The van der Waals surface area contributed by atoms with E-state index in [1.807, 2.05) is 0 Å². The summed E-state index contributed by atoms with van der Waals surface area (Å²) in [7, 11) is 1.65. The van der Waals surface area contributed by atoms with Crippen molar-refractivity contribution < 1.29 is 13.9 Å². The molecule has 0 unspecified atom stereocenters. The summed E-state index contributed by atoms with van der Waals surface area (Å²) >= 11 is 5.78. The molecule has 2 rings (SSSR count). The number of amides is 1. The van der Waals surface area contributed by atoms with Crippen molar-refractivity contribution >= 4 is 17.5 Å². The monoisotopic (exact) mass is 308 g/mol. The molecule has 0 saturated heterocycles. The van der Waals surface area contributed by atoms with E-state index in [0.717, 1.165) is 6.07 Å². The maximum absolute atomic E-state index is 12.7. The number of hydrogen-bond acceptors (Lipinski definition) is 3. The predicted molar refractivity (Wildman–Crippen MR) is 78.1 cm³/mol. The van der Waals surface area contributed by atoms with Crippen molar-refractivity contribution in [3.63, 3.8) is 0 Å². The van der Waals surface area contributed by atoms with Crippen LogP contribution in [-0.4, -0.2) is 36.0 Å². The first-order chi connectivity index (χ1) is 10.1. The van der Waals surface area contributed by atoms with E-state index in [9.17, 15) is 9.18 Å². The number of ether oxygens (including phenoxy) is 1. The summed E-state index contributed by atoms with van der Waals surface area (Å²) in [5.74, 6) is -0.161. The van der Waals surface area contributed by atoms with Crippen LogP contribution in [0.15, 0.2) is 42.6 Å². The van der Waals surface area contributed by atoms with E-state index >= 15 is 0 Å². The van der Waals surface area contributed by atoms with Gasteiger partial charge in [0.1, 0.15) is 12.4 Å². The SMILES string of the molecule is CN(CCOc1ccc(Cl)cc1)C(=O)c1ccc(F)nc1. The number of nitrogens with zero attached hydrogens (tertiary/aromatic N) is 2. The van der Waals surface area contributed by atoms with Gasteiger partial charge >= 0.3 is 0 Å². The molecule has 0 radical (unpaired) electrons. The van der Waals surface area contributed by atoms with Crippen molar-refractivity contribution in [2.75, 3.05) is 20.2 Å². The lowest BCUT2D eigenvalue weighted by Gasteiger charge is -2.17. The number of likely N-dealkylation sites (N-methyl/N-ethyl adjacent to an activating group) is 1. The van der Waals surface area contributed by atoms with Crippen molar-refractivity contribution in [1.29, 1.82) is 0 Å². The van der Waals surface area contributed by atoms with Crippen molar-refractivity contribution in [2.24, 2.45) is 0 Å². The average Bonchev–Trinajstić information content (AvgIpc) is 2.49. The van der Waals surface area contributed by atoms with Crippen LogP contribution in [-0.2, 0) is 0 Å². The fourth-order valence-corrected chi connectivity index (χ4v) is 1.78. The van der Waals surface area contributed by atoms with Gasteiger partial charge < -0.3 is 9.64 Å². The minimum absolute atomic E-state index is 0.234.